The Morgan fingerprint density at radius 1 is 0.882 bits per heavy atom. The van der Waals surface area contributed by atoms with Crippen molar-refractivity contribution in [1.29, 1.82) is 0 Å². The molecule has 17 heavy (non-hydrogen) atoms. The summed E-state index contributed by atoms with van der Waals surface area (Å²) in [6.07, 6.45) is 1.56. The summed E-state index contributed by atoms with van der Waals surface area (Å²) in [4.78, 5) is 0. The van der Waals surface area contributed by atoms with Crippen LogP contribution in [0.2, 0.25) is 0 Å². The maximum atomic E-state index is 12.9. The predicted molar refractivity (Wildman–Crippen MR) is 66.1 cm³/mol. The number of rotatable bonds is 9. The second-order valence-corrected chi connectivity index (χ2v) is 4.92. The highest BCUT2D eigenvalue weighted by molar-refractivity contribution is 4.90. The fourth-order valence-corrected chi connectivity index (χ4v) is 1.81. The second kappa shape index (κ2) is 7.96. The Labute approximate surface area is 103 Å². The molecule has 0 fully saturated rings. The van der Waals surface area contributed by atoms with Gasteiger partial charge in [-0.3, -0.25) is 0 Å². The Kier molecular flexibility index (Phi) is 7.84. The Morgan fingerprint density at radius 3 is 1.94 bits per heavy atom. The number of hydrogen-bond acceptors (Lipinski definition) is 1. The van der Waals surface area contributed by atoms with Crippen LogP contribution in [0.25, 0.3) is 0 Å². The third-order valence-corrected chi connectivity index (χ3v) is 3.17. The van der Waals surface area contributed by atoms with E-state index in [0.717, 1.165) is 32.1 Å². The highest BCUT2D eigenvalue weighted by atomic mass is 19.4. The highest BCUT2D eigenvalue weighted by Gasteiger charge is 2.49. The Bertz CT molecular complexity index is 192. The van der Waals surface area contributed by atoms with Gasteiger partial charge in [0.05, 0.1) is 0 Å². The first-order valence-corrected chi connectivity index (χ1v) is 6.69. The molecule has 0 aromatic carbocycles. The molecule has 0 aromatic rings. The van der Waals surface area contributed by atoms with Gasteiger partial charge in [0.15, 0.2) is 0 Å². The van der Waals surface area contributed by atoms with Gasteiger partial charge in [0.2, 0.25) is 0 Å². The van der Waals surface area contributed by atoms with Crippen molar-refractivity contribution in [3.05, 3.63) is 0 Å². The van der Waals surface area contributed by atoms with E-state index in [1.54, 1.807) is 0 Å². The summed E-state index contributed by atoms with van der Waals surface area (Å²) in [5.74, 6) is 0. The largest absolute Gasteiger partial charge is 0.406 e. The molecule has 0 aromatic heterocycles. The topological polar surface area (TPSA) is 12.0 Å². The average molecular weight is 253 g/mol. The molecule has 4 heteroatoms. The summed E-state index contributed by atoms with van der Waals surface area (Å²) in [7, 11) is 0. The van der Waals surface area contributed by atoms with Crippen molar-refractivity contribution in [2.45, 2.75) is 77.4 Å². The van der Waals surface area contributed by atoms with Crippen molar-refractivity contribution in [1.82, 2.24) is 5.32 Å². The molecule has 0 aliphatic rings. The molecule has 0 spiro atoms. The standard InChI is InChI=1S/C13H26F3N/c1-4-6-7-8-9-10-12(3,13(14,15)16)17-11-5-2/h17H,4-11H2,1-3H3. The third-order valence-electron chi connectivity index (χ3n) is 3.17. The van der Waals surface area contributed by atoms with Gasteiger partial charge in [-0.25, -0.2) is 0 Å². The van der Waals surface area contributed by atoms with Gasteiger partial charge in [0, 0.05) is 0 Å². The lowest BCUT2D eigenvalue weighted by molar-refractivity contribution is -0.193. The number of nitrogens with one attached hydrogen (secondary N) is 1. The zero-order valence-electron chi connectivity index (χ0n) is 11.3. The molecule has 0 aliphatic carbocycles. The lowest BCUT2D eigenvalue weighted by Gasteiger charge is -2.33. The van der Waals surface area contributed by atoms with Crippen molar-refractivity contribution in [2.24, 2.45) is 0 Å². The molecular weight excluding hydrogens is 227 g/mol. The summed E-state index contributed by atoms with van der Waals surface area (Å²) in [5, 5.41) is 2.65. The van der Waals surface area contributed by atoms with Gasteiger partial charge in [-0.05, 0) is 26.3 Å². The van der Waals surface area contributed by atoms with Gasteiger partial charge >= 0.3 is 6.18 Å². The SMILES string of the molecule is CCCCCCCC(C)(NCCC)C(F)(F)F. The van der Waals surface area contributed by atoms with Crippen LogP contribution in [-0.4, -0.2) is 18.3 Å². The zero-order chi connectivity index (χ0) is 13.4. The minimum Gasteiger partial charge on any atom is -0.304 e. The molecule has 0 rings (SSSR count). The van der Waals surface area contributed by atoms with Crippen LogP contribution >= 0.6 is 0 Å². The minimum atomic E-state index is -4.16. The van der Waals surface area contributed by atoms with E-state index in [1.807, 2.05) is 6.92 Å². The van der Waals surface area contributed by atoms with Crippen molar-refractivity contribution < 1.29 is 13.2 Å². The molecule has 1 N–H and O–H groups in total. The first-order chi connectivity index (χ1) is 7.87. The van der Waals surface area contributed by atoms with Gasteiger partial charge in [-0.15, -0.1) is 0 Å². The van der Waals surface area contributed by atoms with Crippen LogP contribution in [0.3, 0.4) is 0 Å². The van der Waals surface area contributed by atoms with Crippen LogP contribution < -0.4 is 5.32 Å². The lowest BCUT2D eigenvalue weighted by Crippen LogP contribution is -2.54. The van der Waals surface area contributed by atoms with E-state index in [2.05, 4.69) is 12.2 Å². The van der Waals surface area contributed by atoms with E-state index in [1.165, 1.54) is 6.92 Å². The second-order valence-electron chi connectivity index (χ2n) is 4.92. The summed E-state index contributed by atoms with van der Waals surface area (Å²) in [5.41, 5.74) is -1.71. The highest BCUT2D eigenvalue weighted by Crippen LogP contribution is 2.34. The number of alkyl halides is 3. The van der Waals surface area contributed by atoms with Gasteiger partial charge in [0.1, 0.15) is 5.54 Å². The van der Waals surface area contributed by atoms with E-state index in [-0.39, 0.29) is 6.42 Å². The summed E-state index contributed by atoms with van der Waals surface area (Å²) in [6.45, 7) is 5.68. The molecule has 0 amide bonds. The molecule has 0 radical (unpaired) electrons. The minimum absolute atomic E-state index is 0.181. The van der Waals surface area contributed by atoms with E-state index < -0.39 is 11.7 Å². The molecule has 1 atom stereocenters. The lowest BCUT2D eigenvalue weighted by atomic mass is 9.93. The molecule has 0 bridgehead atoms. The number of hydrogen-bond donors (Lipinski definition) is 1. The van der Waals surface area contributed by atoms with Crippen molar-refractivity contribution >= 4 is 0 Å². The van der Waals surface area contributed by atoms with E-state index in [9.17, 15) is 13.2 Å². The molecule has 0 saturated carbocycles. The van der Waals surface area contributed by atoms with Crippen LogP contribution in [0.4, 0.5) is 13.2 Å². The Balaban J connectivity index is 4.11. The van der Waals surface area contributed by atoms with Crippen molar-refractivity contribution in [2.75, 3.05) is 6.54 Å². The number of unbranched alkanes of at least 4 members (excludes halogenated alkanes) is 4. The van der Waals surface area contributed by atoms with Gasteiger partial charge in [0.25, 0.3) is 0 Å². The summed E-state index contributed by atoms with van der Waals surface area (Å²) in [6, 6.07) is 0. The average Bonchev–Trinajstić information content (AvgIpc) is 2.24. The Morgan fingerprint density at radius 2 is 1.47 bits per heavy atom. The van der Waals surface area contributed by atoms with Crippen LogP contribution in [0.5, 0.6) is 0 Å². The maximum absolute atomic E-state index is 12.9. The van der Waals surface area contributed by atoms with E-state index in [0.29, 0.717) is 13.0 Å². The van der Waals surface area contributed by atoms with Crippen LogP contribution in [-0.2, 0) is 0 Å². The van der Waals surface area contributed by atoms with Crippen molar-refractivity contribution in [3.8, 4) is 0 Å². The molecule has 104 valence electrons. The molecule has 0 saturated heterocycles. The maximum Gasteiger partial charge on any atom is 0.406 e. The van der Waals surface area contributed by atoms with Gasteiger partial charge in [-0.1, -0.05) is 46.0 Å². The van der Waals surface area contributed by atoms with E-state index in [4.69, 9.17) is 0 Å². The van der Waals surface area contributed by atoms with Crippen LogP contribution in [0, 0.1) is 0 Å². The Hall–Kier alpha value is -0.250. The third kappa shape index (κ3) is 6.29. The predicted octanol–water partition coefficient (Wildman–Crippen LogP) is 4.67. The molecule has 1 nitrogen and oxygen atoms in total. The van der Waals surface area contributed by atoms with Crippen molar-refractivity contribution in [3.63, 3.8) is 0 Å². The first-order valence-electron chi connectivity index (χ1n) is 6.69. The molecular formula is C13H26F3N. The quantitative estimate of drug-likeness (QED) is 0.589. The van der Waals surface area contributed by atoms with Gasteiger partial charge in [-0.2, -0.15) is 13.2 Å². The van der Waals surface area contributed by atoms with Crippen LogP contribution in [0.15, 0.2) is 0 Å². The normalized spacial score (nSPS) is 15.9. The fourth-order valence-electron chi connectivity index (χ4n) is 1.81. The molecule has 0 heterocycles. The number of halogens is 3. The van der Waals surface area contributed by atoms with Gasteiger partial charge < -0.3 is 5.32 Å². The first kappa shape index (κ1) is 16.8. The molecule has 0 aliphatic heterocycles. The van der Waals surface area contributed by atoms with E-state index >= 15 is 0 Å². The molecule has 1 unspecified atom stereocenters. The fraction of sp³-hybridized carbons (Fsp3) is 1.00. The zero-order valence-corrected chi connectivity index (χ0v) is 11.3. The summed E-state index contributed by atoms with van der Waals surface area (Å²) < 4.78 is 38.8. The monoisotopic (exact) mass is 253 g/mol. The smallest absolute Gasteiger partial charge is 0.304 e. The summed E-state index contributed by atoms with van der Waals surface area (Å²) >= 11 is 0. The van der Waals surface area contributed by atoms with Crippen LogP contribution in [0.1, 0.15) is 65.7 Å².